The van der Waals surface area contributed by atoms with E-state index >= 15 is 0 Å². The summed E-state index contributed by atoms with van der Waals surface area (Å²) in [5, 5.41) is 0.805. The molecule has 14 heavy (non-hydrogen) atoms. The van der Waals surface area contributed by atoms with Crippen molar-refractivity contribution in [1.29, 1.82) is 0 Å². The Hall–Kier alpha value is -0.820. The molecule has 0 bridgehead atoms. The normalized spacial score (nSPS) is 33.9. The van der Waals surface area contributed by atoms with Crippen LogP contribution in [-0.4, -0.2) is 12.3 Å². The molecule has 2 heteroatoms. The summed E-state index contributed by atoms with van der Waals surface area (Å²) >= 11 is 5.96. The first-order chi connectivity index (χ1) is 6.69. The summed E-state index contributed by atoms with van der Waals surface area (Å²) in [5.74, 6) is 0.695. The van der Waals surface area contributed by atoms with Crippen LogP contribution in [0, 0.1) is 11.3 Å². The van der Waals surface area contributed by atoms with Crippen LogP contribution in [0.25, 0.3) is 0 Å². The SMILES string of the molecule is CC12CN=C(c3cccc(Cl)c3)C1C2. The number of hydrogen-bond donors (Lipinski definition) is 0. The lowest BCUT2D eigenvalue weighted by Gasteiger charge is -2.01. The Morgan fingerprint density at radius 2 is 2.36 bits per heavy atom. The van der Waals surface area contributed by atoms with Crippen LogP contribution in [0.4, 0.5) is 0 Å². The molecule has 0 radical (unpaired) electrons. The van der Waals surface area contributed by atoms with Crippen LogP contribution in [0.5, 0.6) is 0 Å². The first-order valence-corrected chi connectivity index (χ1v) is 5.37. The van der Waals surface area contributed by atoms with Crippen molar-refractivity contribution in [3.8, 4) is 0 Å². The van der Waals surface area contributed by atoms with Gasteiger partial charge in [-0.2, -0.15) is 0 Å². The molecule has 0 spiro atoms. The molecular weight excluding hydrogens is 194 g/mol. The zero-order valence-corrected chi connectivity index (χ0v) is 8.88. The zero-order valence-electron chi connectivity index (χ0n) is 8.13. The molecule has 1 heterocycles. The summed E-state index contributed by atoms with van der Waals surface area (Å²) in [4.78, 5) is 4.61. The quantitative estimate of drug-likeness (QED) is 0.668. The van der Waals surface area contributed by atoms with E-state index in [0.29, 0.717) is 11.3 Å². The van der Waals surface area contributed by atoms with E-state index in [1.54, 1.807) is 0 Å². The molecule has 72 valence electrons. The molecule has 2 aliphatic rings. The van der Waals surface area contributed by atoms with E-state index in [-0.39, 0.29) is 0 Å². The number of aliphatic imine (C=N–C) groups is 1. The summed E-state index contributed by atoms with van der Waals surface area (Å²) in [7, 11) is 0. The van der Waals surface area contributed by atoms with Crippen molar-refractivity contribution < 1.29 is 0 Å². The van der Waals surface area contributed by atoms with Gasteiger partial charge in [0.25, 0.3) is 0 Å². The van der Waals surface area contributed by atoms with Crippen LogP contribution < -0.4 is 0 Å². The Kier molecular flexibility index (Phi) is 1.58. The second kappa shape index (κ2) is 2.60. The topological polar surface area (TPSA) is 12.4 Å². The van der Waals surface area contributed by atoms with Gasteiger partial charge in [0, 0.05) is 23.2 Å². The van der Waals surface area contributed by atoms with Gasteiger partial charge in [0.15, 0.2) is 0 Å². The highest BCUT2D eigenvalue weighted by atomic mass is 35.5. The lowest BCUT2D eigenvalue weighted by Crippen LogP contribution is -2.02. The minimum Gasteiger partial charge on any atom is -0.288 e. The molecule has 0 saturated heterocycles. The van der Waals surface area contributed by atoms with Crippen LogP contribution in [0.15, 0.2) is 29.3 Å². The fourth-order valence-corrected chi connectivity index (χ4v) is 2.52. The van der Waals surface area contributed by atoms with Crippen molar-refractivity contribution in [3.05, 3.63) is 34.9 Å². The summed E-state index contributed by atoms with van der Waals surface area (Å²) in [6.45, 7) is 3.32. The van der Waals surface area contributed by atoms with Crippen molar-refractivity contribution >= 4 is 17.3 Å². The second-order valence-electron chi connectivity index (χ2n) is 4.62. The minimum atomic E-state index is 0.484. The largest absolute Gasteiger partial charge is 0.288 e. The maximum Gasteiger partial charge on any atom is 0.0458 e. The van der Waals surface area contributed by atoms with Gasteiger partial charge in [-0.1, -0.05) is 30.7 Å². The molecule has 0 amide bonds. The van der Waals surface area contributed by atoms with Crippen molar-refractivity contribution in [2.24, 2.45) is 16.3 Å². The molecule has 1 saturated carbocycles. The van der Waals surface area contributed by atoms with E-state index in [1.165, 1.54) is 17.7 Å². The molecule has 2 unspecified atom stereocenters. The number of halogens is 1. The van der Waals surface area contributed by atoms with E-state index in [9.17, 15) is 0 Å². The summed E-state index contributed by atoms with van der Waals surface area (Å²) in [6, 6.07) is 8.03. The molecule has 3 rings (SSSR count). The highest BCUT2D eigenvalue weighted by Gasteiger charge is 2.56. The number of hydrogen-bond acceptors (Lipinski definition) is 1. The monoisotopic (exact) mass is 205 g/mol. The molecule has 2 atom stereocenters. The Morgan fingerprint density at radius 3 is 2.93 bits per heavy atom. The van der Waals surface area contributed by atoms with E-state index in [0.717, 1.165) is 11.6 Å². The van der Waals surface area contributed by atoms with Gasteiger partial charge in [0.2, 0.25) is 0 Å². The first-order valence-electron chi connectivity index (χ1n) is 4.99. The van der Waals surface area contributed by atoms with E-state index in [2.05, 4.69) is 18.0 Å². The zero-order chi connectivity index (χ0) is 9.76. The molecule has 1 aliphatic heterocycles. The molecule has 1 aromatic rings. The van der Waals surface area contributed by atoms with E-state index in [4.69, 9.17) is 11.6 Å². The van der Waals surface area contributed by atoms with E-state index in [1.807, 2.05) is 18.2 Å². The Morgan fingerprint density at radius 1 is 1.50 bits per heavy atom. The summed E-state index contributed by atoms with van der Waals surface area (Å²) in [5.41, 5.74) is 2.97. The smallest absolute Gasteiger partial charge is 0.0458 e. The predicted octanol–water partition coefficient (Wildman–Crippen LogP) is 3.17. The van der Waals surface area contributed by atoms with Crippen LogP contribution in [0.2, 0.25) is 5.02 Å². The lowest BCUT2D eigenvalue weighted by molar-refractivity contribution is 0.592. The Bertz CT molecular complexity index is 424. The standard InChI is InChI=1S/C12H12ClN/c1-12-6-10(12)11(14-7-12)8-3-2-4-9(13)5-8/h2-5,10H,6-7H2,1H3. The van der Waals surface area contributed by atoms with Crippen molar-refractivity contribution in [1.82, 2.24) is 0 Å². The maximum atomic E-state index is 5.96. The van der Waals surface area contributed by atoms with Gasteiger partial charge >= 0.3 is 0 Å². The van der Waals surface area contributed by atoms with Crippen LogP contribution in [0.3, 0.4) is 0 Å². The Balaban J connectivity index is 1.98. The summed E-state index contributed by atoms with van der Waals surface area (Å²) < 4.78 is 0. The lowest BCUT2D eigenvalue weighted by atomic mass is 10.0. The number of benzene rings is 1. The minimum absolute atomic E-state index is 0.484. The van der Waals surface area contributed by atoms with Gasteiger partial charge in [0.1, 0.15) is 0 Å². The molecular formula is C12H12ClN. The third-order valence-electron chi connectivity index (χ3n) is 3.41. The average Bonchev–Trinajstić information content (AvgIpc) is 2.70. The van der Waals surface area contributed by atoms with Crippen molar-refractivity contribution in [2.75, 3.05) is 6.54 Å². The molecule has 1 nitrogen and oxygen atoms in total. The van der Waals surface area contributed by atoms with Gasteiger partial charge in [-0.25, -0.2) is 0 Å². The second-order valence-corrected chi connectivity index (χ2v) is 5.06. The molecule has 1 fully saturated rings. The number of rotatable bonds is 1. The molecule has 0 N–H and O–H groups in total. The van der Waals surface area contributed by atoms with Crippen LogP contribution in [-0.2, 0) is 0 Å². The fraction of sp³-hybridized carbons (Fsp3) is 0.417. The average molecular weight is 206 g/mol. The third kappa shape index (κ3) is 1.12. The van der Waals surface area contributed by atoms with Gasteiger partial charge in [-0.3, -0.25) is 4.99 Å². The molecule has 1 aromatic carbocycles. The fourth-order valence-electron chi connectivity index (χ4n) is 2.33. The third-order valence-corrected chi connectivity index (χ3v) is 3.65. The maximum absolute atomic E-state index is 5.96. The highest BCUT2D eigenvalue weighted by molar-refractivity contribution is 6.31. The highest BCUT2D eigenvalue weighted by Crippen LogP contribution is 2.57. The van der Waals surface area contributed by atoms with Gasteiger partial charge in [0.05, 0.1) is 0 Å². The van der Waals surface area contributed by atoms with Crippen molar-refractivity contribution in [2.45, 2.75) is 13.3 Å². The van der Waals surface area contributed by atoms with Gasteiger partial charge in [-0.15, -0.1) is 0 Å². The van der Waals surface area contributed by atoms with Crippen LogP contribution in [0.1, 0.15) is 18.9 Å². The van der Waals surface area contributed by atoms with Crippen molar-refractivity contribution in [3.63, 3.8) is 0 Å². The molecule has 1 aliphatic carbocycles. The van der Waals surface area contributed by atoms with Gasteiger partial charge < -0.3 is 0 Å². The van der Waals surface area contributed by atoms with Crippen LogP contribution >= 0.6 is 11.6 Å². The van der Waals surface area contributed by atoms with Gasteiger partial charge in [-0.05, 0) is 29.5 Å². The predicted molar refractivity (Wildman–Crippen MR) is 59.1 cm³/mol. The van der Waals surface area contributed by atoms with E-state index < -0.39 is 0 Å². The first kappa shape index (κ1) is 8.49. The molecule has 0 aromatic heterocycles. The Labute approximate surface area is 88.8 Å². The summed E-state index contributed by atoms with van der Waals surface area (Å²) in [6.07, 6.45) is 1.30. The number of nitrogens with zero attached hydrogens (tertiary/aromatic N) is 1. The number of fused-ring (bicyclic) bond motifs is 1.